The maximum atomic E-state index is 13.6. The number of rotatable bonds is 6. The van der Waals surface area contributed by atoms with Crippen molar-refractivity contribution in [2.45, 2.75) is 30.1 Å². The Morgan fingerprint density at radius 2 is 1.86 bits per heavy atom. The van der Waals surface area contributed by atoms with Gasteiger partial charge in [-0.15, -0.1) is 11.3 Å². The zero-order chi connectivity index (χ0) is 20.6. The Morgan fingerprint density at radius 1 is 1.07 bits per heavy atom. The molecule has 0 aliphatic carbocycles. The van der Waals surface area contributed by atoms with Crippen molar-refractivity contribution in [1.29, 1.82) is 0 Å². The summed E-state index contributed by atoms with van der Waals surface area (Å²) in [5, 5.41) is 0. The van der Waals surface area contributed by atoms with Gasteiger partial charge < -0.3 is 14.0 Å². The van der Waals surface area contributed by atoms with Crippen molar-refractivity contribution in [2.75, 3.05) is 20.8 Å². The molecule has 8 heteroatoms. The Kier molecular flexibility index (Phi) is 5.42. The summed E-state index contributed by atoms with van der Waals surface area (Å²) in [6.07, 6.45) is 2.82. The lowest BCUT2D eigenvalue weighted by molar-refractivity contribution is 0.297. The smallest absolute Gasteiger partial charge is 0.253 e. The number of sulfonamides is 1. The number of fused-ring (bicyclic) bond motifs is 1. The van der Waals surface area contributed by atoms with Gasteiger partial charge in [-0.3, -0.25) is 0 Å². The molecule has 1 aliphatic rings. The first-order valence-electron chi connectivity index (χ1n) is 9.47. The molecule has 0 unspecified atom stereocenters. The van der Waals surface area contributed by atoms with Crippen LogP contribution >= 0.6 is 11.3 Å². The van der Waals surface area contributed by atoms with E-state index in [2.05, 4.69) is 4.57 Å². The molecule has 0 N–H and O–H groups in total. The highest BCUT2D eigenvalue weighted by molar-refractivity contribution is 7.91. The number of aromatic nitrogens is 1. The molecule has 3 heterocycles. The minimum absolute atomic E-state index is 0.389. The summed E-state index contributed by atoms with van der Waals surface area (Å²) in [6.45, 7) is 3.06. The van der Waals surface area contributed by atoms with Crippen LogP contribution in [0.5, 0.6) is 11.5 Å². The lowest BCUT2D eigenvalue weighted by atomic mass is 10.0. The second-order valence-corrected chi connectivity index (χ2v) is 10.1. The second-order valence-electron chi connectivity index (χ2n) is 6.83. The van der Waals surface area contributed by atoms with Gasteiger partial charge in [-0.1, -0.05) is 13.0 Å². The average Bonchev–Trinajstić information content (AvgIpc) is 3.42. The van der Waals surface area contributed by atoms with E-state index in [0.29, 0.717) is 28.8 Å². The van der Waals surface area contributed by atoms with Gasteiger partial charge >= 0.3 is 0 Å². The topological polar surface area (TPSA) is 60.8 Å². The fourth-order valence-corrected chi connectivity index (χ4v) is 6.79. The number of aryl methyl sites for hydroxylation is 1. The van der Waals surface area contributed by atoms with Gasteiger partial charge in [-0.05, 0) is 48.4 Å². The van der Waals surface area contributed by atoms with Crippen molar-refractivity contribution in [2.24, 2.45) is 0 Å². The molecule has 6 nitrogen and oxygen atoms in total. The zero-order valence-corrected chi connectivity index (χ0v) is 18.3. The van der Waals surface area contributed by atoms with Gasteiger partial charge in [0.1, 0.15) is 4.21 Å². The Bertz CT molecular complexity index is 1120. The van der Waals surface area contributed by atoms with Crippen LogP contribution in [0.4, 0.5) is 0 Å². The third-order valence-electron chi connectivity index (χ3n) is 5.27. The summed E-state index contributed by atoms with van der Waals surface area (Å²) >= 11 is 1.35. The number of nitrogens with zero attached hydrogens (tertiary/aromatic N) is 2. The zero-order valence-electron chi connectivity index (χ0n) is 16.7. The van der Waals surface area contributed by atoms with Gasteiger partial charge in [-0.25, -0.2) is 8.42 Å². The first-order chi connectivity index (χ1) is 14.0. The molecular weight excluding hydrogens is 408 g/mol. The van der Waals surface area contributed by atoms with Crippen LogP contribution in [-0.2, 0) is 23.0 Å². The maximum absolute atomic E-state index is 13.6. The third kappa shape index (κ3) is 3.45. The predicted molar refractivity (Wildman–Crippen MR) is 113 cm³/mol. The molecule has 0 amide bonds. The lowest BCUT2D eigenvalue weighted by Crippen LogP contribution is -2.42. The molecule has 154 valence electrons. The minimum atomic E-state index is -3.64. The average molecular weight is 433 g/mol. The minimum Gasteiger partial charge on any atom is -0.493 e. The molecule has 0 saturated heterocycles. The SMILES string of the molecule is CCc1ccc(S(=O)(=O)N2CCn3cccc3[C@@H]2c2ccc(OC)c(OC)c2)s1. The lowest BCUT2D eigenvalue weighted by Gasteiger charge is -2.36. The monoisotopic (exact) mass is 432 g/mol. The van der Waals surface area contributed by atoms with E-state index >= 15 is 0 Å². The number of benzene rings is 1. The van der Waals surface area contributed by atoms with Crippen LogP contribution in [0.15, 0.2) is 52.9 Å². The summed E-state index contributed by atoms with van der Waals surface area (Å²) in [7, 11) is -0.472. The number of methoxy groups -OCH3 is 2. The van der Waals surface area contributed by atoms with Crippen molar-refractivity contribution in [1.82, 2.24) is 8.87 Å². The Hall–Kier alpha value is -2.29. The normalized spacial score (nSPS) is 17.1. The largest absolute Gasteiger partial charge is 0.493 e. The predicted octanol–water partition coefficient (Wildman–Crippen LogP) is 3.92. The van der Waals surface area contributed by atoms with E-state index in [9.17, 15) is 8.42 Å². The maximum Gasteiger partial charge on any atom is 0.253 e. The van der Waals surface area contributed by atoms with Crippen molar-refractivity contribution >= 4 is 21.4 Å². The summed E-state index contributed by atoms with van der Waals surface area (Å²) in [5.74, 6) is 1.19. The standard InChI is InChI=1S/C21H24N2O4S2/c1-4-16-8-10-20(28-16)29(24,25)23-13-12-22-11-5-6-17(22)21(23)15-7-9-18(26-2)19(14-15)27-3/h5-11,14,21H,4,12-13H2,1-3H3/t21-/m0/s1. The van der Waals surface area contributed by atoms with Crippen LogP contribution in [-0.4, -0.2) is 38.1 Å². The first-order valence-corrected chi connectivity index (χ1v) is 11.7. The van der Waals surface area contributed by atoms with Gasteiger partial charge in [0.15, 0.2) is 11.5 Å². The molecule has 4 rings (SSSR count). The van der Waals surface area contributed by atoms with Crippen LogP contribution in [0.1, 0.15) is 29.1 Å². The van der Waals surface area contributed by atoms with Crippen LogP contribution in [0.25, 0.3) is 0 Å². The molecule has 1 atom stereocenters. The molecule has 0 fully saturated rings. The molecule has 0 radical (unpaired) electrons. The molecule has 0 bridgehead atoms. The van der Waals surface area contributed by atoms with Crippen molar-refractivity contribution in [3.05, 3.63) is 64.8 Å². The molecular formula is C21H24N2O4S2. The Morgan fingerprint density at radius 3 is 2.55 bits per heavy atom. The van der Waals surface area contributed by atoms with Crippen molar-refractivity contribution in [3.63, 3.8) is 0 Å². The van der Waals surface area contributed by atoms with Gasteiger partial charge in [-0.2, -0.15) is 4.31 Å². The number of ether oxygens (including phenoxy) is 2. The Labute approximate surface area is 175 Å². The van der Waals surface area contributed by atoms with Gasteiger partial charge in [0.2, 0.25) is 0 Å². The number of hydrogen-bond acceptors (Lipinski definition) is 5. The van der Waals surface area contributed by atoms with Crippen LogP contribution in [0.2, 0.25) is 0 Å². The first kappa shape index (κ1) is 20.0. The molecule has 29 heavy (non-hydrogen) atoms. The highest BCUT2D eigenvalue weighted by Gasteiger charge is 2.38. The van der Waals surface area contributed by atoms with E-state index in [4.69, 9.17) is 9.47 Å². The summed E-state index contributed by atoms with van der Waals surface area (Å²) < 4.78 is 42.1. The van der Waals surface area contributed by atoms with Crippen LogP contribution in [0.3, 0.4) is 0 Å². The number of thiophene rings is 1. The fourth-order valence-electron chi connectivity index (χ4n) is 3.78. The molecule has 1 aromatic carbocycles. The van der Waals surface area contributed by atoms with E-state index in [1.807, 2.05) is 49.5 Å². The highest BCUT2D eigenvalue weighted by atomic mass is 32.2. The summed E-state index contributed by atoms with van der Waals surface area (Å²) in [5.41, 5.74) is 1.79. The molecule has 3 aromatic rings. The van der Waals surface area contributed by atoms with E-state index in [-0.39, 0.29) is 0 Å². The highest BCUT2D eigenvalue weighted by Crippen LogP contribution is 2.40. The molecule has 0 saturated carbocycles. The van der Waals surface area contributed by atoms with Crippen LogP contribution in [0, 0.1) is 0 Å². The molecule has 1 aliphatic heterocycles. The van der Waals surface area contributed by atoms with Crippen LogP contribution < -0.4 is 9.47 Å². The fraction of sp³-hybridized carbons (Fsp3) is 0.333. The van der Waals surface area contributed by atoms with E-state index < -0.39 is 16.1 Å². The Balaban J connectivity index is 1.84. The number of hydrogen-bond donors (Lipinski definition) is 0. The van der Waals surface area contributed by atoms with E-state index in [1.54, 1.807) is 24.6 Å². The van der Waals surface area contributed by atoms with Crippen molar-refractivity contribution in [3.8, 4) is 11.5 Å². The third-order valence-corrected chi connectivity index (χ3v) is 8.83. The van der Waals surface area contributed by atoms with Gasteiger partial charge in [0.25, 0.3) is 10.0 Å². The second kappa shape index (κ2) is 7.85. The molecule has 0 spiro atoms. The van der Waals surface area contributed by atoms with E-state index in [0.717, 1.165) is 22.6 Å². The van der Waals surface area contributed by atoms with Gasteiger partial charge in [0, 0.05) is 29.9 Å². The summed E-state index contributed by atoms with van der Waals surface area (Å²) in [6, 6.07) is 12.7. The van der Waals surface area contributed by atoms with Gasteiger partial charge in [0.05, 0.1) is 20.3 Å². The van der Waals surface area contributed by atoms with E-state index in [1.165, 1.54) is 11.3 Å². The van der Waals surface area contributed by atoms with Crippen molar-refractivity contribution < 1.29 is 17.9 Å². The quantitative estimate of drug-likeness (QED) is 0.592. The summed E-state index contributed by atoms with van der Waals surface area (Å²) in [4.78, 5) is 1.06. The molecule has 2 aromatic heterocycles.